The molecular formula is C49H66N10O7S. The van der Waals surface area contributed by atoms with Gasteiger partial charge in [0.2, 0.25) is 11.8 Å². The first-order valence-corrected chi connectivity index (χ1v) is 24.6. The van der Waals surface area contributed by atoms with Crippen molar-refractivity contribution in [3.8, 4) is 22.5 Å². The van der Waals surface area contributed by atoms with Gasteiger partial charge in [-0.25, -0.2) is 15.2 Å². The maximum Gasteiger partial charge on any atom is 0.324 e. The zero-order chi connectivity index (χ0) is 47.7. The first kappa shape index (κ1) is 48.0. The lowest BCUT2D eigenvalue weighted by Gasteiger charge is -2.37. The number of cyclic esters (lactones) is 1. The maximum atomic E-state index is 14.7. The molecule has 3 aromatic heterocycles. The van der Waals surface area contributed by atoms with Crippen LogP contribution in [0.4, 0.5) is 4.79 Å². The topological polar surface area (TPSA) is 193 Å². The standard InChI is InChI=1S/C49H66N10O7S/c1-9-58-39-16-15-31-23-33(39)34(43(58)32-13-10-17-50-41(32)30(4)65-8)25-49(5,6)28-66-47(63)35-14-11-20-59(54-35)46(62)36(24-40-52-38(31)27-67-40)53-44(60)42(29(2)3)55(7)48(64)57-19-12-18-56(21-22-57)45(61)37-26-51-37/h10,13,15-17,23,27,29-30,35-37,42,51,54H,9,11-12,14,18-22,24-26,28H2,1-8H3,(H,53,60)/t30-,35-,36-,37-,42?/m0/s1. The van der Waals surface area contributed by atoms with Crippen LogP contribution in [-0.2, 0) is 48.0 Å². The van der Waals surface area contributed by atoms with Gasteiger partial charge in [0.25, 0.3) is 5.91 Å². The summed E-state index contributed by atoms with van der Waals surface area (Å²) < 4.78 is 14.3. The quantitative estimate of drug-likeness (QED) is 0.155. The average molecular weight is 939 g/mol. The lowest BCUT2D eigenvalue weighted by Crippen LogP contribution is -2.62. The number of thiazole rings is 1. The Morgan fingerprint density at radius 2 is 1.82 bits per heavy atom. The number of methoxy groups -OCH3 is 1. The number of aromatic nitrogens is 3. The van der Waals surface area contributed by atoms with Crippen molar-refractivity contribution in [2.45, 2.75) is 110 Å². The number of urea groups is 1. The molecule has 4 aromatic rings. The molecule has 8 rings (SSSR count). The molecule has 360 valence electrons. The fourth-order valence-electron chi connectivity index (χ4n) is 9.87. The Morgan fingerprint density at radius 3 is 2.55 bits per heavy atom. The van der Waals surface area contributed by atoms with E-state index in [-0.39, 0.29) is 43.0 Å². The molecule has 4 aliphatic heterocycles. The van der Waals surface area contributed by atoms with Crippen molar-refractivity contribution in [1.29, 1.82) is 0 Å². The van der Waals surface area contributed by atoms with Crippen LogP contribution in [0, 0.1) is 11.3 Å². The van der Waals surface area contributed by atoms with Gasteiger partial charge in [-0.2, -0.15) is 0 Å². The van der Waals surface area contributed by atoms with Crippen LogP contribution >= 0.6 is 11.3 Å². The predicted molar refractivity (Wildman–Crippen MR) is 256 cm³/mol. The van der Waals surface area contributed by atoms with Crippen molar-refractivity contribution in [2.75, 3.05) is 60.0 Å². The molecule has 5 amide bonds. The summed E-state index contributed by atoms with van der Waals surface area (Å²) in [5, 5.41) is 11.2. The van der Waals surface area contributed by atoms with Crippen LogP contribution in [0.5, 0.6) is 0 Å². The first-order valence-electron chi connectivity index (χ1n) is 23.8. The van der Waals surface area contributed by atoms with E-state index in [0.29, 0.717) is 76.5 Å². The molecule has 3 saturated heterocycles. The van der Waals surface area contributed by atoms with Crippen LogP contribution in [0.3, 0.4) is 0 Å². The van der Waals surface area contributed by atoms with E-state index in [1.54, 1.807) is 30.2 Å². The Morgan fingerprint density at radius 1 is 1.06 bits per heavy atom. The molecule has 0 aliphatic carbocycles. The minimum absolute atomic E-state index is 0.0544. The number of amides is 5. The third-order valence-electron chi connectivity index (χ3n) is 13.6. The summed E-state index contributed by atoms with van der Waals surface area (Å²) in [5.74, 6) is -1.60. The molecule has 67 heavy (non-hydrogen) atoms. The molecule has 18 heteroatoms. The van der Waals surface area contributed by atoms with E-state index in [4.69, 9.17) is 19.4 Å². The van der Waals surface area contributed by atoms with Crippen LogP contribution < -0.4 is 16.1 Å². The first-order chi connectivity index (χ1) is 32.1. The number of carbonyl (C=O) groups is 5. The van der Waals surface area contributed by atoms with E-state index < -0.39 is 41.3 Å². The molecule has 0 spiro atoms. The summed E-state index contributed by atoms with van der Waals surface area (Å²) >= 11 is 1.41. The van der Waals surface area contributed by atoms with Crippen molar-refractivity contribution >= 4 is 52.0 Å². The number of rotatable bonds is 9. The second kappa shape index (κ2) is 20.0. The molecule has 1 aromatic carbocycles. The summed E-state index contributed by atoms with van der Waals surface area (Å²) in [7, 11) is 3.30. The summed E-state index contributed by atoms with van der Waals surface area (Å²) in [6.45, 7) is 15.7. The number of hydrogen-bond acceptors (Lipinski definition) is 12. The molecule has 17 nitrogen and oxygen atoms in total. The number of benzene rings is 1. The number of ether oxygens (including phenoxy) is 2. The van der Waals surface area contributed by atoms with Gasteiger partial charge in [0.1, 0.15) is 18.1 Å². The highest BCUT2D eigenvalue weighted by molar-refractivity contribution is 7.10. The Balaban J connectivity index is 1.13. The highest BCUT2D eigenvalue weighted by atomic mass is 32.1. The van der Waals surface area contributed by atoms with Crippen LogP contribution in [0.1, 0.15) is 83.2 Å². The smallest absolute Gasteiger partial charge is 0.324 e. The van der Waals surface area contributed by atoms with Gasteiger partial charge in [-0.15, -0.1) is 11.3 Å². The highest BCUT2D eigenvalue weighted by Crippen LogP contribution is 2.42. The van der Waals surface area contributed by atoms with E-state index in [1.807, 2.05) is 32.2 Å². The molecule has 4 aliphatic rings. The zero-order valence-corrected chi connectivity index (χ0v) is 40.9. The molecule has 1 unspecified atom stereocenters. The number of nitrogens with one attached hydrogen (secondary N) is 3. The number of likely N-dealkylation sites (N-methyl/N-ethyl adjacent to an activating group) is 1. The molecule has 0 radical (unpaired) electrons. The molecule has 0 saturated carbocycles. The van der Waals surface area contributed by atoms with Crippen LogP contribution in [0.2, 0.25) is 0 Å². The van der Waals surface area contributed by atoms with Crippen molar-refractivity contribution in [3.63, 3.8) is 0 Å². The Kier molecular flexibility index (Phi) is 14.4. The second-order valence-corrected chi connectivity index (χ2v) is 20.4. The van der Waals surface area contributed by atoms with Gasteiger partial charge in [-0.05, 0) is 75.3 Å². The number of fused-ring (bicyclic) bond motifs is 6. The molecule has 6 bridgehead atoms. The minimum Gasteiger partial charge on any atom is -0.464 e. The van der Waals surface area contributed by atoms with Gasteiger partial charge in [-0.1, -0.05) is 33.8 Å². The van der Waals surface area contributed by atoms with E-state index >= 15 is 0 Å². The van der Waals surface area contributed by atoms with Crippen molar-refractivity contribution in [2.24, 2.45) is 11.3 Å². The third kappa shape index (κ3) is 10.2. The monoisotopic (exact) mass is 938 g/mol. The largest absolute Gasteiger partial charge is 0.464 e. The van der Waals surface area contributed by atoms with Gasteiger partial charge in [0.15, 0.2) is 0 Å². The highest BCUT2D eigenvalue weighted by Gasteiger charge is 2.40. The molecule has 3 N–H and O–H groups in total. The second-order valence-electron chi connectivity index (χ2n) is 19.5. The van der Waals surface area contributed by atoms with E-state index in [2.05, 4.69) is 65.7 Å². The SMILES string of the molecule is CCn1c(-c2cccnc2[C@H](C)OC)c2c3cc(ccc31)-c1csc(n1)C[C@H](NC(=O)C(C(C)C)N(C)C(=O)N1CCCN(C(=O)[C@@H]3CN3)CC1)C(=O)N1CCC[C@H](N1)C(=O)OCC(C)(C)C2. The number of nitrogens with zero attached hydrogens (tertiary/aromatic N) is 7. The summed E-state index contributed by atoms with van der Waals surface area (Å²) in [4.78, 5) is 84.9. The summed E-state index contributed by atoms with van der Waals surface area (Å²) in [6.07, 6.45) is 3.83. The van der Waals surface area contributed by atoms with Crippen LogP contribution in [0.15, 0.2) is 41.9 Å². The normalized spacial score (nSPS) is 22.2. The van der Waals surface area contributed by atoms with E-state index in [0.717, 1.165) is 44.7 Å². The molecular weight excluding hydrogens is 873 g/mol. The number of carbonyl (C=O) groups excluding carboxylic acids is 5. The summed E-state index contributed by atoms with van der Waals surface area (Å²) in [5.41, 5.74) is 9.29. The minimum atomic E-state index is -1.08. The van der Waals surface area contributed by atoms with Gasteiger partial charge in [-0.3, -0.25) is 29.2 Å². The Labute approximate surface area is 396 Å². The molecule has 7 heterocycles. The number of hydrazine groups is 1. The lowest BCUT2D eigenvalue weighted by atomic mass is 9.84. The average Bonchev–Trinajstić information content (AvgIpc) is 4.06. The van der Waals surface area contributed by atoms with Gasteiger partial charge < -0.3 is 39.4 Å². The van der Waals surface area contributed by atoms with Crippen molar-refractivity contribution < 1.29 is 33.4 Å². The number of hydrogen-bond donors (Lipinski definition) is 3. The zero-order valence-electron chi connectivity index (χ0n) is 40.1. The Bertz CT molecular complexity index is 2500. The number of aryl methyl sites for hydroxylation is 1. The fraction of sp³-hybridized carbons (Fsp3) is 0.571. The molecule has 3 fully saturated rings. The Hall–Kier alpha value is -5.43. The van der Waals surface area contributed by atoms with Crippen molar-refractivity contribution in [1.82, 2.24) is 50.3 Å². The number of esters is 1. The summed E-state index contributed by atoms with van der Waals surface area (Å²) in [6, 6.07) is 7.18. The molecule has 5 atom stereocenters. The van der Waals surface area contributed by atoms with Gasteiger partial charge >= 0.3 is 12.0 Å². The lowest BCUT2D eigenvalue weighted by molar-refractivity contribution is -0.155. The fourth-order valence-corrected chi connectivity index (χ4v) is 10.7. The van der Waals surface area contributed by atoms with E-state index in [9.17, 15) is 24.0 Å². The maximum absolute atomic E-state index is 14.7. The van der Waals surface area contributed by atoms with Gasteiger partial charge in [0.05, 0.1) is 40.8 Å². The van der Waals surface area contributed by atoms with Crippen LogP contribution in [-0.4, -0.2) is 148 Å². The van der Waals surface area contributed by atoms with E-state index in [1.165, 1.54) is 21.2 Å². The third-order valence-corrected chi connectivity index (χ3v) is 14.4. The number of pyridine rings is 1. The van der Waals surface area contributed by atoms with Crippen LogP contribution in [0.25, 0.3) is 33.4 Å². The predicted octanol–water partition coefficient (Wildman–Crippen LogP) is 4.79. The van der Waals surface area contributed by atoms with Crippen molar-refractivity contribution in [3.05, 3.63) is 58.2 Å². The van der Waals surface area contributed by atoms with Gasteiger partial charge in [0, 0.05) is 105 Å².